The number of aliphatic hydroxyl groups is 1. The third-order valence-corrected chi connectivity index (χ3v) is 1.90. The molecular formula is C9H14F2N2O2. The lowest BCUT2D eigenvalue weighted by Gasteiger charge is -2.00. The van der Waals surface area contributed by atoms with E-state index in [2.05, 4.69) is 14.7 Å². The molecule has 0 saturated carbocycles. The van der Waals surface area contributed by atoms with Gasteiger partial charge in [-0.3, -0.25) is 0 Å². The second-order valence-corrected chi connectivity index (χ2v) is 3.44. The van der Waals surface area contributed by atoms with E-state index in [9.17, 15) is 8.78 Å². The molecule has 1 rings (SSSR count). The number of hydrogen-bond donors (Lipinski definition) is 1. The van der Waals surface area contributed by atoms with Gasteiger partial charge in [0.15, 0.2) is 5.82 Å². The van der Waals surface area contributed by atoms with Crippen LogP contribution in [-0.4, -0.2) is 21.9 Å². The van der Waals surface area contributed by atoms with Gasteiger partial charge in [-0.15, -0.1) is 0 Å². The predicted octanol–water partition coefficient (Wildman–Crippen LogP) is 1.89. The molecule has 0 spiro atoms. The van der Waals surface area contributed by atoms with Crippen molar-refractivity contribution in [2.24, 2.45) is 0 Å². The average molecular weight is 220 g/mol. The molecule has 86 valence electrons. The summed E-state index contributed by atoms with van der Waals surface area (Å²) in [5.74, 6) is -3.42. The minimum absolute atomic E-state index is 0.143. The maximum Gasteiger partial charge on any atom is 0.322 e. The summed E-state index contributed by atoms with van der Waals surface area (Å²) < 4.78 is 29.8. The molecule has 4 nitrogen and oxygen atoms in total. The fourth-order valence-electron chi connectivity index (χ4n) is 1.11. The van der Waals surface area contributed by atoms with Gasteiger partial charge in [0.1, 0.15) is 0 Å². The van der Waals surface area contributed by atoms with E-state index in [4.69, 9.17) is 5.11 Å². The predicted molar refractivity (Wildman–Crippen MR) is 48.5 cm³/mol. The smallest absolute Gasteiger partial charge is 0.322 e. The molecule has 0 amide bonds. The van der Waals surface area contributed by atoms with E-state index < -0.39 is 11.8 Å². The van der Waals surface area contributed by atoms with E-state index >= 15 is 0 Å². The Bertz CT molecular complexity index is 297. The first kappa shape index (κ1) is 12.0. The van der Waals surface area contributed by atoms with Gasteiger partial charge in [-0.25, -0.2) is 0 Å². The fraction of sp³-hybridized carbons (Fsp3) is 0.778. The summed E-state index contributed by atoms with van der Waals surface area (Å²) in [4.78, 5) is 3.59. The molecule has 0 saturated heterocycles. The Labute approximate surface area is 86.3 Å². The van der Waals surface area contributed by atoms with Crippen LogP contribution in [0.2, 0.25) is 0 Å². The number of aliphatic hydroxyl groups excluding tert-OH is 1. The van der Waals surface area contributed by atoms with Gasteiger partial charge < -0.3 is 9.63 Å². The number of hydrogen-bond acceptors (Lipinski definition) is 4. The summed E-state index contributed by atoms with van der Waals surface area (Å²) in [6, 6.07) is 0. The van der Waals surface area contributed by atoms with Crippen LogP contribution in [0.15, 0.2) is 4.52 Å². The number of aryl methyl sites for hydroxylation is 1. The van der Waals surface area contributed by atoms with Crippen LogP contribution in [0.4, 0.5) is 8.78 Å². The molecule has 1 aromatic heterocycles. The Balaban J connectivity index is 2.40. The molecule has 0 radical (unpaired) electrons. The van der Waals surface area contributed by atoms with Gasteiger partial charge in [0.05, 0.1) is 0 Å². The number of aromatic nitrogens is 2. The maximum atomic E-state index is 12.7. The lowest BCUT2D eigenvalue weighted by atomic mass is 10.2. The van der Waals surface area contributed by atoms with Crippen molar-refractivity contribution < 1.29 is 18.4 Å². The normalized spacial score (nSPS) is 12.0. The van der Waals surface area contributed by atoms with Crippen LogP contribution in [-0.2, 0) is 12.3 Å². The monoisotopic (exact) mass is 220 g/mol. The van der Waals surface area contributed by atoms with Crippen LogP contribution in [0.3, 0.4) is 0 Å². The van der Waals surface area contributed by atoms with Crippen molar-refractivity contribution in [3.05, 3.63) is 11.7 Å². The zero-order valence-electron chi connectivity index (χ0n) is 8.54. The fourth-order valence-corrected chi connectivity index (χ4v) is 1.11. The molecule has 6 heteroatoms. The molecule has 15 heavy (non-hydrogen) atoms. The molecule has 1 N–H and O–H groups in total. The molecule has 0 unspecified atom stereocenters. The van der Waals surface area contributed by atoms with Crippen LogP contribution in [0.1, 0.15) is 37.9 Å². The lowest BCUT2D eigenvalue weighted by molar-refractivity contribution is -0.0158. The van der Waals surface area contributed by atoms with Crippen LogP contribution in [0.25, 0.3) is 0 Å². The van der Waals surface area contributed by atoms with Crippen molar-refractivity contribution in [3.8, 4) is 0 Å². The van der Waals surface area contributed by atoms with Crippen LogP contribution < -0.4 is 0 Å². The number of rotatable bonds is 6. The third kappa shape index (κ3) is 3.91. The van der Waals surface area contributed by atoms with E-state index in [1.165, 1.54) is 0 Å². The van der Waals surface area contributed by atoms with Crippen molar-refractivity contribution in [2.75, 3.05) is 6.61 Å². The van der Waals surface area contributed by atoms with E-state index in [0.717, 1.165) is 19.8 Å². The highest BCUT2D eigenvalue weighted by Gasteiger charge is 2.31. The molecular weight excluding hydrogens is 206 g/mol. The second kappa shape index (κ2) is 5.16. The SMILES string of the molecule is CC(F)(F)c1nc(CCCCCO)no1. The molecule has 0 bridgehead atoms. The van der Waals surface area contributed by atoms with Crippen molar-refractivity contribution in [1.82, 2.24) is 10.1 Å². The molecule has 0 aromatic carbocycles. The molecule has 0 fully saturated rings. The van der Waals surface area contributed by atoms with E-state index in [1.54, 1.807) is 0 Å². The van der Waals surface area contributed by atoms with Gasteiger partial charge in [-0.05, 0) is 12.8 Å². The highest BCUT2D eigenvalue weighted by Crippen LogP contribution is 2.24. The number of nitrogens with zero attached hydrogens (tertiary/aromatic N) is 2. The van der Waals surface area contributed by atoms with Crippen LogP contribution >= 0.6 is 0 Å². The Morgan fingerprint density at radius 2 is 2.07 bits per heavy atom. The van der Waals surface area contributed by atoms with Crippen molar-refractivity contribution >= 4 is 0 Å². The number of unbranched alkanes of at least 4 members (excludes halogenated alkanes) is 2. The highest BCUT2D eigenvalue weighted by molar-refractivity contribution is 4.92. The van der Waals surface area contributed by atoms with Gasteiger partial charge in [0, 0.05) is 20.0 Å². The van der Waals surface area contributed by atoms with Crippen molar-refractivity contribution in [1.29, 1.82) is 0 Å². The third-order valence-electron chi connectivity index (χ3n) is 1.90. The summed E-state index contributed by atoms with van der Waals surface area (Å²) in [6.45, 7) is 0.862. The minimum atomic E-state index is -3.07. The molecule has 1 heterocycles. The second-order valence-electron chi connectivity index (χ2n) is 3.44. The largest absolute Gasteiger partial charge is 0.396 e. The number of halogens is 2. The van der Waals surface area contributed by atoms with Gasteiger partial charge in [-0.1, -0.05) is 11.6 Å². The Morgan fingerprint density at radius 1 is 1.33 bits per heavy atom. The van der Waals surface area contributed by atoms with Crippen LogP contribution in [0.5, 0.6) is 0 Å². The summed E-state index contributed by atoms with van der Waals surface area (Å²) in [6.07, 6.45) is 2.78. The Hall–Kier alpha value is -1.04. The zero-order chi connectivity index (χ0) is 11.3. The van der Waals surface area contributed by atoms with Crippen molar-refractivity contribution in [3.63, 3.8) is 0 Å². The van der Waals surface area contributed by atoms with Gasteiger partial charge in [-0.2, -0.15) is 13.8 Å². The van der Waals surface area contributed by atoms with E-state index in [1.807, 2.05) is 0 Å². The maximum absolute atomic E-state index is 12.7. The van der Waals surface area contributed by atoms with E-state index in [-0.39, 0.29) is 6.61 Å². The Morgan fingerprint density at radius 3 is 2.60 bits per heavy atom. The summed E-state index contributed by atoms with van der Waals surface area (Å²) >= 11 is 0. The molecule has 0 aliphatic carbocycles. The molecule has 0 atom stereocenters. The molecule has 0 aliphatic rings. The summed E-state index contributed by atoms with van der Waals surface area (Å²) in [5, 5.41) is 12.0. The van der Waals surface area contributed by atoms with E-state index in [0.29, 0.717) is 18.7 Å². The molecule has 0 aliphatic heterocycles. The van der Waals surface area contributed by atoms with Gasteiger partial charge in [0.25, 0.3) is 5.89 Å². The zero-order valence-corrected chi connectivity index (χ0v) is 8.54. The lowest BCUT2D eigenvalue weighted by Crippen LogP contribution is -2.07. The highest BCUT2D eigenvalue weighted by atomic mass is 19.3. The first-order valence-corrected chi connectivity index (χ1v) is 4.86. The average Bonchev–Trinajstić information content (AvgIpc) is 2.60. The molecule has 1 aromatic rings. The summed E-state index contributed by atoms with van der Waals surface area (Å²) in [5.41, 5.74) is 0. The van der Waals surface area contributed by atoms with Crippen LogP contribution in [0, 0.1) is 0 Å². The van der Waals surface area contributed by atoms with Gasteiger partial charge in [0.2, 0.25) is 0 Å². The first-order chi connectivity index (χ1) is 7.04. The summed E-state index contributed by atoms with van der Waals surface area (Å²) in [7, 11) is 0. The number of alkyl halides is 2. The minimum Gasteiger partial charge on any atom is -0.396 e. The van der Waals surface area contributed by atoms with Crippen molar-refractivity contribution in [2.45, 2.75) is 38.5 Å². The first-order valence-electron chi connectivity index (χ1n) is 4.86. The quantitative estimate of drug-likeness (QED) is 0.743. The topological polar surface area (TPSA) is 59.2 Å². The van der Waals surface area contributed by atoms with Gasteiger partial charge >= 0.3 is 5.92 Å². The Kier molecular flexibility index (Phi) is 4.14. The standard InChI is InChI=1S/C9H14F2N2O2/c1-9(10,11)8-12-7(13-15-8)5-3-2-4-6-14/h14H,2-6H2,1H3.